The first-order valence-electron chi connectivity index (χ1n) is 11.7. The van der Waals surface area contributed by atoms with E-state index in [1.807, 2.05) is 30.3 Å². The lowest BCUT2D eigenvalue weighted by Crippen LogP contribution is -2.48. The number of hydrogen-bond acceptors (Lipinski definition) is 6. The van der Waals surface area contributed by atoms with Crippen LogP contribution in [0.4, 0.5) is 5.69 Å². The molecule has 1 aromatic heterocycles. The zero-order valence-electron chi connectivity index (χ0n) is 19.6. The third kappa shape index (κ3) is 6.06. The smallest absolute Gasteiger partial charge is 0.120 e. The molecule has 6 nitrogen and oxygen atoms in total. The Morgan fingerprint density at radius 3 is 2.63 bits per heavy atom. The average molecular weight is 511 g/mol. The van der Waals surface area contributed by atoms with Gasteiger partial charge in [-0.05, 0) is 42.3 Å². The van der Waals surface area contributed by atoms with Gasteiger partial charge in [-0.2, -0.15) is 5.26 Å². The number of hydrogen-bond donors (Lipinski definition) is 1. The van der Waals surface area contributed by atoms with E-state index in [0.717, 1.165) is 48.7 Å². The predicted molar refractivity (Wildman–Crippen MR) is 139 cm³/mol. The summed E-state index contributed by atoms with van der Waals surface area (Å²) in [6, 6.07) is 17.6. The molecule has 1 aliphatic heterocycles. The minimum Gasteiger partial charge on any atom is -0.494 e. The van der Waals surface area contributed by atoms with E-state index in [9.17, 15) is 5.11 Å². The molecule has 1 N–H and O–H groups in total. The molecule has 1 saturated heterocycles. The maximum Gasteiger partial charge on any atom is 0.120 e. The normalized spacial score (nSPS) is 16.2. The number of ether oxygens (including phenoxy) is 1. The SMILES string of the molecule is CCCOc1ccc(N2CCN(Cc3ncc(C#N)cc3CO)C[C@H]2c2ccc(Cl)cc2)c(Cl)c1. The summed E-state index contributed by atoms with van der Waals surface area (Å²) in [6.45, 7) is 5.44. The number of pyridine rings is 1. The number of anilines is 1. The number of halogens is 2. The second-order valence-electron chi connectivity index (χ2n) is 8.56. The second-order valence-corrected chi connectivity index (χ2v) is 9.40. The number of nitrogens with zero attached hydrogens (tertiary/aromatic N) is 4. The van der Waals surface area contributed by atoms with E-state index in [1.165, 1.54) is 0 Å². The number of rotatable bonds is 8. The zero-order chi connectivity index (χ0) is 24.8. The Hall–Kier alpha value is -2.82. The molecule has 4 rings (SSSR count). The van der Waals surface area contributed by atoms with Crippen molar-refractivity contribution >= 4 is 28.9 Å². The fourth-order valence-corrected chi connectivity index (χ4v) is 4.77. The van der Waals surface area contributed by atoms with Crippen molar-refractivity contribution in [3.8, 4) is 11.8 Å². The van der Waals surface area contributed by atoms with Crippen LogP contribution in [-0.4, -0.2) is 41.2 Å². The molecule has 8 heteroatoms. The lowest BCUT2D eigenvalue weighted by molar-refractivity contribution is 0.209. The van der Waals surface area contributed by atoms with Crippen molar-refractivity contribution in [3.63, 3.8) is 0 Å². The fraction of sp³-hybridized carbons (Fsp3) is 0.333. The highest BCUT2D eigenvalue weighted by molar-refractivity contribution is 6.33. The number of aromatic nitrogens is 1. The van der Waals surface area contributed by atoms with E-state index in [0.29, 0.717) is 34.3 Å². The molecular formula is C27H28Cl2N4O2. The summed E-state index contributed by atoms with van der Waals surface area (Å²) in [4.78, 5) is 9.10. The first-order valence-corrected chi connectivity index (χ1v) is 12.4. The Kier molecular flexibility index (Phi) is 8.48. The molecule has 1 atom stereocenters. The molecule has 0 bridgehead atoms. The molecule has 0 spiro atoms. The van der Waals surface area contributed by atoms with Gasteiger partial charge in [0.15, 0.2) is 0 Å². The highest BCUT2D eigenvalue weighted by atomic mass is 35.5. The molecular weight excluding hydrogens is 483 g/mol. The summed E-state index contributed by atoms with van der Waals surface area (Å²) in [5.41, 5.74) is 4.01. The van der Waals surface area contributed by atoms with Gasteiger partial charge < -0.3 is 14.7 Å². The van der Waals surface area contributed by atoms with Crippen molar-refractivity contribution < 1.29 is 9.84 Å². The standard InChI is InChI=1S/C27H28Cl2N4O2/c1-2-11-35-23-7-8-26(24(29)13-23)33-10-9-32(17-27(33)20-3-5-22(28)6-4-20)16-25-21(18-34)12-19(14-30)15-31-25/h3-8,12-13,15,27,34H,2,9-11,16-18H2,1H3/t27-/m0/s1. The topological polar surface area (TPSA) is 72.6 Å². The number of benzene rings is 2. The highest BCUT2D eigenvalue weighted by Crippen LogP contribution is 2.37. The summed E-state index contributed by atoms with van der Waals surface area (Å²) in [6.07, 6.45) is 2.50. The molecule has 0 radical (unpaired) electrons. The van der Waals surface area contributed by atoms with Crippen molar-refractivity contribution in [3.05, 3.63) is 87.2 Å². The molecule has 0 amide bonds. The molecule has 0 aliphatic carbocycles. The third-order valence-electron chi connectivity index (χ3n) is 6.15. The number of nitriles is 1. The van der Waals surface area contributed by atoms with Gasteiger partial charge >= 0.3 is 0 Å². The van der Waals surface area contributed by atoms with Gasteiger partial charge in [-0.15, -0.1) is 0 Å². The summed E-state index contributed by atoms with van der Waals surface area (Å²) < 4.78 is 5.75. The largest absolute Gasteiger partial charge is 0.494 e. The van der Waals surface area contributed by atoms with Crippen LogP contribution >= 0.6 is 23.2 Å². The van der Waals surface area contributed by atoms with E-state index >= 15 is 0 Å². The van der Waals surface area contributed by atoms with Gasteiger partial charge in [0.2, 0.25) is 0 Å². The van der Waals surface area contributed by atoms with Crippen LogP contribution < -0.4 is 9.64 Å². The summed E-state index contributed by atoms with van der Waals surface area (Å²) >= 11 is 12.9. The Morgan fingerprint density at radius 1 is 1.14 bits per heavy atom. The van der Waals surface area contributed by atoms with Crippen LogP contribution in [0.2, 0.25) is 10.0 Å². The second kappa shape index (κ2) is 11.7. The Bertz CT molecular complexity index is 1200. The molecule has 1 aliphatic rings. The van der Waals surface area contributed by atoms with Crippen LogP contribution in [0.1, 0.15) is 41.8 Å². The minimum atomic E-state index is -0.152. The summed E-state index contributed by atoms with van der Waals surface area (Å²) in [5, 5.41) is 20.3. The summed E-state index contributed by atoms with van der Waals surface area (Å²) in [5.74, 6) is 0.769. The maximum absolute atomic E-state index is 9.81. The van der Waals surface area contributed by atoms with E-state index in [2.05, 4.69) is 39.9 Å². The van der Waals surface area contributed by atoms with Gasteiger partial charge in [0.25, 0.3) is 0 Å². The van der Waals surface area contributed by atoms with Crippen LogP contribution in [0.25, 0.3) is 0 Å². The van der Waals surface area contributed by atoms with E-state index < -0.39 is 0 Å². The Balaban J connectivity index is 1.60. The van der Waals surface area contributed by atoms with E-state index in [1.54, 1.807) is 12.3 Å². The van der Waals surface area contributed by atoms with Gasteiger partial charge in [0, 0.05) is 49.0 Å². The molecule has 0 unspecified atom stereocenters. The zero-order valence-corrected chi connectivity index (χ0v) is 21.1. The fourth-order valence-electron chi connectivity index (χ4n) is 4.36. The molecule has 2 heterocycles. The van der Waals surface area contributed by atoms with Gasteiger partial charge in [0.1, 0.15) is 11.8 Å². The first kappa shape index (κ1) is 25.3. The average Bonchev–Trinajstić information content (AvgIpc) is 2.88. The van der Waals surface area contributed by atoms with Crippen LogP contribution in [0.15, 0.2) is 54.7 Å². The third-order valence-corrected chi connectivity index (χ3v) is 6.71. The van der Waals surface area contributed by atoms with Crippen LogP contribution in [0, 0.1) is 11.3 Å². The van der Waals surface area contributed by atoms with Gasteiger partial charge in [-0.3, -0.25) is 9.88 Å². The molecule has 35 heavy (non-hydrogen) atoms. The number of piperazine rings is 1. The van der Waals surface area contributed by atoms with Gasteiger partial charge in [0.05, 0.1) is 41.2 Å². The molecule has 2 aromatic carbocycles. The molecule has 0 saturated carbocycles. The maximum atomic E-state index is 9.81. The van der Waals surface area contributed by atoms with Crippen molar-refractivity contribution in [1.82, 2.24) is 9.88 Å². The minimum absolute atomic E-state index is 0.0388. The molecule has 182 valence electrons. The van der Waals surface area contributed by atoms with Crippen molar-refractivity contribution in [2.75, 3.05) is 31.1 Å². The van der Waals surface area contributed by atoms with Gasteiger partial charge in [-0.25, -0.2) is 0 Å². The lowest BCUT2D eigenvalue weighted by atomic mass is 10.0. The number of aliphatic hydroxyl groups excluding tert-OH is 1. The van der Waals surface area contributed by atoms with Crippen molar-refractivity contribution in [2.45, 2.75) is 32.5 Å². The summed E-state index contributed by atoms with van der Waals surface area (Å²) in [7, 11) is 0. The Labute approximate surface area is 216 Å². The first-order chi connectivity index (χ1) is 17.0. The van der Waals surface area contributed by atoms with E-state index in [4.69, 9.17) is 33.2 Å². The predicted octanol–water partition coefficient (Wildman–Crippen LogP) is 5.60. The lowest BCUT2D eigenvalue weighted by Gasteiger charge is -2.43. The number of aliphatic hydroxyl groups is 1. The van der Waals surface area contributed by atoms with Gasteiger partial charge in [-0.1, -0.05) is 42.3 Å². The molecule has 3 aromatic rings. The van der Waals surface area contributed by atoms with Crippen LogP contribution in [0.3, 0.4) is 0 Å². The van der Waals surface area contributed by atoms with Crippen LogP contribution in [-0.2, 0) is 13.2 Å². The van der Waals surface area contributed by atoms with Crippen molar-refractivity contribution in [1.29, 1.82) is 5.26 Å². The quantitative estimate of drug-likeness (QED) is 0.424. The molecule has 1 fully saturated rings. The highest BCUT2D eigenvalue weighted by Gasteiger charge is 2.30. The van der Waals surface area contributed by atoms with Crippen LogP contribution in [0.5, 0.6) is 5.75 Å². The Morgan fingerprint density at radius 2 is 1.94 bits per heavy atom. The van der Waals surface area contributed by atoms with Crippen molar-refractivity contribution in [2.24, 2.45) is 0 Å². The van der Waals surface area contributed by atoms with E-state index in [-0.39, 0.29) is 12.6 Å². The monoisotopic (exact) mass is 510 g/mol.